The highest BCUT2D eigenvalue weighted by molar-refractivity contribution is 5.83. The van der Waals surface area contributed by atoms with Crippen molar-refractivity contribution in [3.63, 3.8) is 0 Å². The lowest BCUT2D eigenvalue weighted by Gasteiger charge is -2.55. The van der Waals surface area contributed by atoms with E-state index < -0.39 is 12.1 Å². The molecule has 3 fully saturated rings. The predicted molar refractivity (Wildman–Crippen MR) is 122 cm³/mol. The van der Waals surface area contributed by atoms with Crippen LogP contribution in [0.5, 0.6) is 0 Å². The Morgan fingerprint density at radius 3 is 2.21 bits per heavy atom. The Labute approximate surface area is 193 Å². The van der Waals surface area contributed by atoms with Crippen LogP contribution in [0.25, 0.3) is 6.08 Å². The Morgan fingerprint density at radius 2 is 1.73 bits per heavy atom. The summed E-state index contributed by atoms with van der Waals surface area (Å²) >= 11 is 0. The molecule has 33 heavy (non-hydrogen) atoms. The van der Waals surface area contributed by atoms with Gasteiger partial charge in [0.2, 0.25) is 5.91 Å². The van der Waals surface area contributed by atoms with Crippen molar-refractivity contribution in [3.8, 4) is 0 Å². The van der Waals surface area contributed by atoms with Gasteiger partial charge in [0, 0.05) is 12.1 Å². The van der Waals surface area contributed by atoms with Crippen molar-refractivity contribution in [2.75, 3.05) is 19.6 Å². The highest BCUT2D eigenvalue weighted by atomic mass is 19.4. The number of allylic oxidation sites excluding steroid dienone is 1. The number of benzene rings is 1. The summed E-state index contributed by atoms with van der Waals surface area (Å²) < 4.78 is 38.3. The number of nitrogens with zero attached hydrogens (tertiary/aromatic N) is 2. The smallest absolute Gasteiger partial charge is 0.369 e. The highest BCUT2D eigenvalue weighted by Crippen LogP contribution is 2.53. The zero-order valence-corrected chi connectivity index (χ0v) is 19.2. The van der Waals surface area contributed by atoms with E-state index in [4.69, 9.17) is 5.73 Å². The maximum atomic E-state index is 12.8. The zero-order chi connectivity index (χ0) is 24.1. The minimum atomic E-state index is -4.78. The third-order valence-electron chi connectivity index (χ3n) is 6.79. The average Bonchev–Trinajstić information content (AvgIpc) is 3.58. The van der Waals surface area contributed by atoms with Crippen molar-refractivity contribution in [3.05, 3.63) is 42.0 Å². The molecule has 1 saturated heterocycles. The summed E-state index contributed by atoms with van der Waals surface area (Å²) in [5.41, 5.74) is 6.50. The fourth-order valence-electron chi connectivity index (χ4n) is 4.90. The number of primary amides is 1. The van der Waals surface area contributed by atoms with Crippen molar-refractivity contribution in [1.82, 2.24) is 9.80 Å². The van der Waals surface area contributed by atoms with Gasteiger partial charge >= 0.3 is 12.1 Å². The highest BCUT2D eigenvalue weighted by Gasteiger charge is 2.55. The van der Waals surface area contributed by atoms with Gasteiger partial charge in [-0.05, 0) is 69.0 Å². The van der Waals surface area contributed by atoms with E-state index in [1.807, 2.05) is 11.0 Å². The van der Waals surface area contributed by atoms with Gasteiger partial charge < -0.3 is 10.6 Å². The number of piperidine rings is 1. The van der Waals surface area contributed by atoms with E-state index >= 15 is 0 Å². The quantitative estimate of drug-likeness (QED) is 0.678. The average molecular weight is 466 g/mol. The lowest BCUT2D eigenvalue weighted by molar-refractivity contribution is -0.194. The monoisotopic (exact) mass is 465 g/mol. The first-order valence-electron chi connectivity index (χ1n) is 11.8. The minimum absolute atomic E-state index is 0.0395. The minimum Gasteiger partial charge on any atom is -0.369 e. The first-order chi connectivity index (χ1) is 15.6. The number of hydrogen-bond acceptors (Lipinski definition) is 3. The number of nitrogens with two attached hydrogens (primary N) is 1. The third-order valence-corrected chi connectivity index (χ3v) is 6.79. The standard InChI is InChI=1S/C15H22F3N3O2.C10H12/c16-15(17,18)13(23)21(10-1-2-10)11-7-14(8-11)3-5-20(6-4-14)9-12(19)22;1-2-3-7-10-8-5-4-6-9-10/h10-11H,1-9H2,(H2,19,22);3-9H,2H2,1H3/b;7-3-. The largest absolute Gasteiger partial charge is 0.471 e. The number of carbonyl (C=O) groups excluding carboxylic acids is 2. The normalized spacial score (nSPS) is 20.7. The number of carbonyl (C=O) groups is 2. The van der Waals surface area contributed by atoms with Crippen LogP contribution in [0.1, 0.15) is 57.4 Å². The van der Waals surface area contributed by atoms with Crippen LogP contribution < -0.4 is 5.73 Å². The van der Waals surface area contributed by atoms with E-state index in [0.29, 0.717) is 25.7 Å². The zero-order valence-electron chi connectivity index (χ0n) is 19.2. The number of halogens is 3. The van der Waals surface area contributed by atoms with Crippen LogP contribution in [-0.2, 0) is 9.59 Å². The molecule has 0 bridgehead atoms. The molecule has 2 saturated carbocycles. The molecule has 3 aliphatic rings. The fraction of sp³-hybridized carbons (Fsp3) is 0.600. The summed E-state index contributed by atoms with van der Waals surface area (Å²) in [7, 11) is 0. The molecule has 1 heterocycles. The van der Waals surface area contributed by atoms with Crippen molar-refractivity contribution in [1.29, 1.82) is 0 Å². The molecule has 182 valence electrons. The van der Waals surface area contributed by atoms with E-state index in [0.717, 1.165) is 37.3 Å². The Bertz CT molecular complexity index is 821. The van der Waals surface area contributed by atoms with Gasteiger partial charge in [0.1, 0.15) is 0 Å². The molecule has 1 spiro atoms. The summed E-state index contributed by atoms with van der Waals surface area (Å²) in [6, 6.07) is 9.84. The molecule has 1 aromatic rings. The third kappa shape index (κ3) is 7.06. The summed E-state index contributed by atoms with van der Waals surface area (Å²) in [5, 5.41) is 0. The molecule has 0 aromatic heterocycles. The lowest BCUT2D eigenvalue weighted by Crippen LogP contribution is -2.59. The van der Waals surface area contributed by atoms with Crippen LogP contribution in [0.15, 0.2) is 36.4 Å². The molecule has 1 aromatic carbocycles. The lowest BCUT2D eigenvalue weighted by atomic mass is 9.60. The van der Waals surface area contributed by atoms with Gasteiger partial charge in [0.05, 0.1) is 6.54 Å². The van der Waals surface area contributed by atoms with Crippen LogP contribution in [0.3, 0.4) is 0 Å². The molecule has 4 rings (SSSR count). The molecular formula is C25H34F3N3O2. The van der Waals surface area contributed by atoms with E-state index in [2.05, 4.69) is 43.3 Å². The molecule has 0 radical (unpaired) electrons. The molecule has 1 aliphatic heterocycles. The van der Waals surface area contributed by atoms with Crippen LogP contribution in [0, 0.1) is 5.41 Å². The summed E-state index contributed by atoms with van der Waals surface area (Å²) in [6.07, 6.45) is 4.99. The van der Waals surface area contributed by atoms with Crippen LogP contribution in [0.2, 0.25) is 0 Å². The van der Waals surface area contributed by atoms with Crippen molar-refractivity contribution < 1.29 is 22.8 Å². The van der Waals surface area contributed by atoms with E-state index in [1.165, 1.54) is 5.56 Å². The molecule has 5 nitrogen and oxygen atoms in total. The number of amides is 2. The molecule has 2 amide bonds. The Morgan fingerprint density at radius 1 is 1.12 bits per heavy atom. The number of hydrogen-bond donors (Lipinski definition) is 1. The second kappa shape index (κ2) is 10.7. The number of likely N-dealkylation sites (tertiary alicyclic amines) is 1. The molecular weight excluding hydrogens is 431 g/mol. The molecule has 8 heteroatoms. The first kappa shape index (κ1) is 25.3. The Kier molecular flexibility index (Phi) is 8.21. The summed E-state index contributed by atoms with van der Waals surface area (Å²) in [4.78, 5) is 25.7. The Balaban J connectivity index is 0.000000257. The SMILES string of the molecule is CC/C=C\c1ccccc1.NC(=O)CN1CCC2(CC1)CC(N(C(=O)C(F)(F)F)C1CC1)C2. The summed E-state index contributed by atoms with van der Waals surface area (Å²) in [6.45, 7) is 3.86. The van der Waals surface area contributed by atoms with Crippen LogP contribution in [0.4, 0.5) is 13.2 Å². The number of rotatable bonds is 6. The van der Waals surface area contributed by atoms with Gasteiger partial charge in [-0.25, -0.2) is 0 Å². The van der Waals surface area contributed by atoms with Crippen molar-refractivity contribution in [2.24, 2.45) is 11.1 Å². The van der Waals surface area contributed by atoms with Crippen molar-refractivity contribution in [2.45, 2.75) is 70.1 Å². The van der Waals surface area contributed by atoms with Gasteiger partial charge in [0.15, 0.2) is 0 Å². The predicted octanol–water partition coefficient (Wildman–Crippen LogP) is 4.38. The molecule has 2 aliphatic carbocycles. The molecule has 2 N–H and O–H groups in total. The van der Waals surface area contributed by atoms with Gasteiger partial charge in [-0.15, -0.1) is 0 Å². The van der Waals surface area contributed by atoms with Crippen molar-refractivity contribution >= 4 is 17.9 Å². The summed E-state index contributed by atoms with van der Waals surface area (Å²) in [5.74, 6) is -2.03. The van der Waals surface area contributed by atoms with E-state index in [1.54, 1.807) is 0 Å². The van der Waals surface area contributed by atoms with E-state index in [9.17, 15) is 22.8 Å². The fourth-order valence-corrected chi connectivity index (χ4v) is 4.90. The van der Waals surface area contributed by atoms with Gasteiger partial charge in [0.25, 0.3) is 0 Å². The van der Waals surface area contributed by atoms with Gasteiger partial charge in [-0.2, -0.15) is 13.2 Å². The second-order valence-corrected chi connectivity index (χ2v) is 9.47. The number of alkyl halides is 3. The second-order valence-electron chi connectivity index (χ2n) is 9.47. The maximum Gasteiger partial charge on any atom is 0.471 e. The molecule has 0 unspecified atom stereocenters. The molecule has 0 atom stereocenters. The Hall–Kier alpha value is -2.35. The van der Waals surface area contributed by atoms with Crippen LogP contribution in [-0.4, -0.2) is 59.5 Å². The first-order valence-corrected chi connectivity index (χ1v) is 11.8. The topological polar surface area (TPSA) is 66.6 Å². The van der Waals surface area contributed by atoms with Gasteiger partial charge in [-0.3, -0.25) is 14.5 Å². The van der Waals surface area contributed by atoms with Gasteiger partial charge in [-0.1, -0.05) is 49.4 Å². The van der Waals surface area contributed by atoms with Crippen LogP contribution >= 0.6 is 0 Å². The maximum absolute atomic E-state index is 12.8. The van der Waals surface area contributed by atoms with E-state index in [-0.39, 0.29) is 30.0 Å².